The van der Waals surface area contributed by atoms with Crippen LogP contribution >= 0.6 is 0 Å². The predicted molar refractivity (Wildman–Crippen MR) is 85.3 cm³/mol. The Hall–Kier alpha value is -2.53. The van der Waals surface area contributed by atoms with Gasteiger partial charge in [0.05, 0.1) is 11.0 Å². The molecule has 0 saturated heterocycles. The van der Waals surface area contributed by atoms with Crippen molar-refractivity contribution in [3.63, 3.8) is 0 Å². The quantitative estimate of drug-likeness (QED) is 0.778. The summed E-state index contributed by atoms with van der Waals surface area (Å²) in [5, 5.41) is 0. The molecule has 0 amide bonds. The van der Waals surface area contributed by atoms with Gasteiger partial charge in [0.2, 0.25) is 0 Å². The molecule has 1 aliphatic heterocycles. The zero-order valence-corrected chi connectivity index (χ0v) is 12.1. The van der Waals surface area contributed by atoms with Crippen molar-refractivity contribution in [3.8, 4) is 22.6 Å². The molecule has 2 aromatic carbocycles. The number of fused-ring (bicyclic) bond motifs is 2. The van der Waals surface area contributed by atoms with E-state index in [-0.39, 0.29) is 0 Å². The van der Waals surface area contributed by atoms with Crippen LogP contribution in [0, 0.1) is 0 Å². The van der Waals surface area contributed by atoms with Crippen molar-refractivity contribution in [1.82, 2.24) is 9.97 Å². The van der Waals surface area contributed by atoms with Crippen molar-refractivity contribution in [2.75, 3.05) is 19.8 Å². The van der Waals surface area contributed by atoms with Crippen LogP contribution in [0.5, 0.6) is 11.5 Å². The molecule has 112 valence electrons. The number of ether oxygens (including phenoxy) is 2. The van der Waals surface area contributed by atoms with Crippen molar-refractivity contribution < 1.29 is 9.47 Å². The van der Waals surface area contributed by atoms with E-state index < -0.39 is 0 Å². The third-order valence-corrected chi connectivity index (χ3v) is 3.79. The van der Waals surface area contributed by atoms with Gasteiger partial charge >= 0.3 is 0 Å². The van der Waals surface area contributed by atoms with Gasteiger partial charge in [-0.25, -0.2) is 4.98 Å². The molecule has 5 heteroatoms. The van der Waals surface area contributed by atoms with Crippen molar-refractivity contribution in [1.29, 1.82) is 0 Å². The summed E-state index contributed by atoms with van der Waals surface area (Å²) in [7, 11) is 0. The van der Waals surface area contributed by atoms with E-state index in [2.05, 4.69) is 22.1 Å². The number of hydrogen-bond donors (Lipinski definition) is 2. The number of para-hydroxylation sites is 1. The van der Waals surface area contributed by atoms with Gasteiger partial charge in [0.25, 0.3) is 0 Å². The molecule has 5 nitrogen and oxygen atoms in total. The van der Waals surface area contributed by atoms with Crippen LogP contribution in [0.1, 0.15) is 5.82 Å². The maximum atomic E-state index is 5.80. The molecule has 4 rings (SSSR count). The summed E-state index contributed by atoms with van der Waals surface area (Å²) in [6, 6.07) is 12.1. The van der Waals surface area contributed by atoms with E-state index in [1.54, 1.807) is 0 Å². The Balaban J connectivity index is 1.81. The number of imidazole rings is 1. The average Bonchev–Trinajstić information content (AvgIpc) is 2.96. The number of benzene rings is 2. The molecule has 0 radical (unpaired) electrons. The standard InChI is InChI=1S/C17H17N3O2/c18-7-6-16-19-13-5-4-11(10-14(13)20-16)12-2-1-3-15-17(12)22-9-8-21-15/h1-5,10H,6-9,18H2,(H,19,20). The average molecular weight is 295 g/mol. The molecule has 3 N–H and O–H groups in total. The van der Waals surface area contributed by atoms with Crippen LogP contribution in [0.3, 0.4) is 0 Å². The van der Waals surface area contributed by atoms with Crippen molar-refractivity contribution >= 4 is 11.0 Å². The van der Waals surface area contributed by atoms with Gasteiger partial charge in [-0.3, -0.25) is 0 Å². The number of nitrogens with two attached hydrogens (primary N) is 1. The molecule has 0 saturated carbocycles. The Kier molecular flexibility index (Phi) is 3.20. The first-order chi connectivity index (χ1) is 10.8. The molecule has 3 aromatic rings. The highest BCUT2D eigenvalue weighted by molar-refractivity contribution is 5.84. The summed E-state index contributed by atoms with van der Waals surface area (Å²) >= 11 is 0. The van der Waals surface area contributed by atoms with Crippen LogP contribution in [-0.4, -0.2) is 29.7 Å². The fourth-order valence-electron chi connectivity index (χ4n) is 2.79. The maximum absolute atomic E-state index is 5.80. The van der Waals surface area contributed by atoms with E-state index >= 15 is 0 Å². The molecular weight excluding hydrogens is 278 g/mol. The zero-order chi connectivity index (χ0) is 14.9. The van der Waals surface area contributed by atoms with Gasteiger partial charge in [0.1, 0.15) is 19.0 Å². The lowest BCUT2D eigenvalue weighted by Crippen LogP contribution is -2.15. The first kappa shape index (κ1) is 13.2. The van der Waals surface area contributed by atoms with Crippen molar-refractivity contribution in [3.05, 3.63) is 42.2 Å². The van der Waals surface area contributed by atoms with Gasteiger partial charge in [0.15, 0.2) is 11.5 Å². The smallest absolute Gasteiger partial charge is 0.169 e. The van der Waals surface area contributed by atoms with Crippen LogP contribution in [0.4, 0.5) is 0 Å². The number of aromatic amines is 1. The third-order valence-electron chi connectivity index (χ3n) is 3.79. The molecule has 0 aliphatic carbocycles. The Morgan fingerprint density at radius 3 is 2.95 bits per heavy atom. The fourth-order valence-corrected chi connectivity index (χ4v) is 2.79. The summed E-state index contributed by atoms with van der Waals surface area (Å²) in [6.45, 7) is 1.76. The van der Waals surface area contributed by atoms with Gasteiger partial charge < -0.3 is 20.2 Å². The third kappa shape index (κ3) is 2.19. The summed E-state index contributed by atoms with van der Waals surface area (Å²) in [5.74, 6) is 2.54. The van der Waals surface area contributed by atoms with Crippen LogP contribution in [0.15, 0.2) is 36.4 Å². The number of hydrogen-bond acceptors (Lipinski definition) is 4. The van der Waals surface area contributed by atoms with E-state index in [1.165, 1.54) is 0 Å². The van der Waals surface area contributed by atoms with Crippen LogP contribution < -0.4 is 15.2 Å². The zero-order valence-electron chi connectivity index (χ0n) is 12.1. The summed E-state index contributed by atoms with van der Waals surface area (Å²) in [5.41, 5.74) is 9.67. The second-order valence-corrected chi connectivity index (χ2v) is 5.28. The highest BCUT2D eigenvalue weighted by Crippen LogP contribution is 2.40. The molecular formula is C17H17N3O2. The minimum atomic E-state index is 0.580. The monoisotopic (exact) mass is 295 g/mol. The van der Waals surface area contributed by atoms with E-state index in [4.69, 9.17) is 15.2 Å². The topological polar surface area (TPSA) is 73.2 Å². The van der Waals surface area contributed by atoms with Crippen molar-refractivity contribution in [2.45, 2.75) is 6.42 Å². The molecule has 22 heavy (non-hydrogen) atoms. The van der Waals surface area contributed by atoms with Gasteiger partial charge in [-0.15, -0.1) is 0 Å². The lowest BCUT2D eigenvalue weighted by molar-refractivity contribution is 0.172. The molecule has 0 atom stereocenters. The Labute approximate surface area is 128 Å². The molecule has 0 bridgehead atoms. The highest BCUT2D eigenvalue weighted by Gasteiger charge is 2.17. The summed E-state index contributed by atoms with van der Waals surface area (Å²) < 4.78 is 11.4. The Morgan fingerprint density at radius 2 is 2.05 bits per heavy atom. The number of rotatable bonds is 3. The largest absolute Gasteiger partial charge is 0.486 e. The first-order valence-corrected chi connectivity index (χ1v) is 7.43. The minimum absolute atomic E-state index is 0.580. The Bertz CT molecular complexity index is 826. The molecule has 0 spiro atoms. The molecule has 0 fully saturated rings. The van der Waals surface area contributed by atoms with E-state index in [0.29, 0.717) is 19.8 Å². The van der Waals surface area contributed by atoms with Crippen LogP contribution in [-0.2, 0) is 6.42 Å². The molecule has 1 aromatic heterocycles. The van der Waals surface area contributed by atoms with E-state index in [9.17, 15) is 0 Å². The first-order valence-electron chi connectivity index (χ1n) is 7.43. The Morgan fingerprint density at radius 1 is 1.14 bits per heavy atom. The van der Waals surface area contributed by atoms with Gasteiger partial charge in [0, 0.05) is 12.0 Å². The molecule has 0 unspecified atom stereocenters. The number of aromatic nitrogens is 2. The lowest BCUT2D eigenvalue weighted by atomic mass is 10.0. The summed E-state index contributed by atoms with van der Waals surface area (Å²) in [6.07, 6.45) is 0.752. The number of H-pyrrole nitrogens is 1. The molecule has 2 heterocycles. The predicted octanol–water partition coefficient (Wildman–Crippen LogP) is 2.50. The van der Waals surface area contributed by atoms with Crippen LogP contribution in [0.25, 0.3) is 22.2 Å². The number of nitrogens with zero attached hydrogens (tertiary/aromatic N) is 1. The van der Waals surface area contributed by atoms with E-state index in [0.717, 1.165) is 45.9 Å². The highest BCUT2D eigenvalue weighted by atomic mass is 16.6. The van der Waals surface area contributed by atoms with Gasteiger partial charge in [-0.05, 0) is 30.3 Å². The van der Waals surface area contributed by atoms with Gasteiger partial charge in [-0.2, -0.15) is 0 Å². The van der Waals surface area contributed by atoms with E-state index in [1.807, 2.05) is 24.3 Å². The second-order valence-electron chi connectivity index (χ2n) is 5.28. The normalized spacial score (nSPS) is 13.5. The lowest BCUT2D eigenvalue weighted by Gasteiger charge is -2.21. The maximum Gasteiger partial charge on any atom is 0.169 e. The summed E-state index contributed by atoms with van der Waals surface area (Å²) in [4.78, 5) is 7.86. The molecule has 1 aliphatic rings. The SMILES string of the molecule is NCCc1nc2ccc(-c3cccc4c3OCCO4)cc2[nH]1. The van der Waals surface area contributed by atoms with Crippen LogP contribution in [0.2, 0.25) is 0 Å². The van der Waals surface area contributed by atoms with Gasteiger partial charge in [-0.1, -0.05) is 18.2 Å². The number of nitrogens with one attached hydrogen (secondary N) is 1. The fraction of sp³-hybridized carbons (Fsp3) is 0.235. The minimum Gasteiger partial charge on any atom is -0.486 e. The second kappa shape index (κ2) is 5.35. The van der Waals surface area contributed by atoms with Crippen molar-refractivity contribution in [2.24, 2.45) is 5.73 Å².